The molecule has 10 heteroatoms. The SMILES string of the molecule is CCC=CCC=CCC=CCC=CCCCCC(=O)OC(COC(=O)CCCCC=CCC=CCC=CCCCCC)COP(=O)(O)OCCN. The van der Waals surface area contributed by atoms with E-state index in [9.17, 15) is 19.0 Å². The minimum atomic E-state index is -4.40. The van der Waals surface area contributed by atoms with E-state index >= 15 is 0 Å². The summed E-state index contributed by atoms with van der Waals surface area (Å²) in [5.74, 6) is -0.934. The Labute approximate surface area is 309 Å². The second-order valence-corrected chi connectivity index (χ2v) is 13.5. The highest BCUT2D eigenvalue weighted by atomic mass is 31.2. The van der Waals surface area contributed by atoms with Crippen LogP contribution in [0.15, 0.2) is 85.1 Å². The molecular weight excluding hydrogens is 665 g/mol. The van der Waals surface area contributed by atoms with E-state index in [1.807, 2.05) is 0 Å². The minimum absolute atomic E-state index is 0.0365. The molecule has 290 valence electrons. The van der Waals surface area contributed by atoms with Gasteiger partial charge < -0.3 is 20.1 Å². The average Bonchev–Trinajstić information content (AvgIpc) is 3.11. The number of carbonyl (C=O) groups is 2. The maximum Gasteiger partial charge on any atom is 0.472 e. The molecule has 0 amide bonds. The highest BCUT2D eigenvalue weighted by Crippen LogP contribution is 2.43. The molecule has 0 rings (SSSR count). The third kappa shape index (κ3) is 36.8. The second kappa shape index (κ2) is 37.0. The van der Waals surface area contributed by atoms with Crippen LogP contribution in [-0.4, -0.2) is 49.3 Å². The van der Waals surface area contributed by atoms with Crippen molar-refractivity contribution in [1.82, 2.24) is 0 Å². The molecule has 51 heavy (non-hydrogen) atoms. The van der Waals surface area contributed by atoms with Crippen LogP contribution in [0, 0.1) is 0 Å². The van der Waals surface area contributed by atoms with Crippen LogP contribution in [0.25, 0.3) is 0 Å². The summed E-state index contributed by atoms with van der Waals surface area (Å²) in [7, 11) is -4.40. The van der Waals surface area contributed by atoms with Crippen LogP contribution >= 0.6 is 7.82 Å². The molecule has 0 spiro atoms. The average molecular weight is 734 g/mol. The summed E-state index contributed by atoms with van der Waals surface area (Å²) in [4.78, 5) is 34.7. The van der Waals surface area contributed by atoms with E-state index in [1.54, 1.807) is 0 Å². The molecule has 9 nitrogen and oxygen atoms in total. The fourth-order valence-corrected chi connectivity index (χ4v) is 5.22. The van der Waals surface area contributed by atoms with Gasteiger partial charge in [0, 0.05) is 19.4 Å². The summed E-state index contributed by atoms with van der Waals surface area (Å²) in [6.45, 7) is 3.45. The molecule has 0 aliphatic heterocycles. The number of nitrogens with two attached hydrogens (primary N) is 1. The Morgan fingerprint density at radius 2 is 1.06 bits per heavy atom. The minimum Gasteiger partial charge on any atom is -0.462 e. The molecule has 0 fully saturated rings. The van der Waals surface area contributed by atoms with Gasteiger partial charge in [-0.3, -0.25) is 18.6 Å². The third-order valence-corrected chi connectivity index (χ3v) is 8.25. The summed E-state index contributed by atoms with van der Waals surface area (Å²) in [6, 6.07) is 0. The quantitative estimate of drug-likeness (QED) is 0.0287. The molecule has 2 unspecified atom stereocenters. The van der Waals surface area contributed by atoms with Crippen LogP contribution in [0.2, 0.25) is 0 Å². The molecular formula is C41H68NO8P. The van der Waals surface area contributed by atoms with Crippen molar-refractivity contribution in [2.75, 3.05) is 26.4 Å². The first kappa shape index (κ1) is 48.2. The van der Waals surface area contributed by atoms with Gasteiger partial charge in [-0.05, 0) is 89.9 Å². The van der Waals surface area contributed by atoms with Crippen molar-refractivity contribution in [1.29, 1.82) is 0 Å². The van der Waals surface area contributed by atoms with Crippen molar-refractivity contribution < 1.29 is 37.6 Å². The van der Waals surface area contributed by atoms with Crippen molar-refractivity contribution in [3.05, 3.63) is 85.1 Å². The van der Waals surface area contributed by atoms with Crippen LogP contribution in [-0.2, 0) is 32.7 Å². The smallest absolute Gasteiger partial charge is 0.462 e. The lowest BCUT2D eigenvalue weighted by molar-refractivity contribution is -0.161. The Kier molecular flexibility index (Phi) is 34.9. The Morgan fingerprint density at radius 3 is 1.53 bits per heavy atom. The van der Waals surface area contributed by atoms with Crippen molar-refractivity contribution in [3.63, 3.8) is 0 Å². The van der Waals surface area contributed by atoms with Crippen molar-refractivity contribution in [2.45, 2.75) is 136 Å². The van der Waals surface area contributed by atoms with Gasteiger partial charge in [0.25, 0.3) is 0 Å². The highest BCUT2D eigenvalue weighted by molar-refractivity contribution is 7.47. The topological polar surface area (TPSA) is 134 Å². The van der Waals surface area contributed by atoms with Gasteiger partial charge in [-0.15, -0.1) is 0 Å². The number of phosphoric ester groups is 1. The zero-order valence-electron chi connectivity index (χ0n) is 31.5. The van der Waals surface area contributed by atoms with Crippen LogP contribution < -0.4 is 5.73 Å². The van der Waals surface area contributed by atoms with Gasteiger partial charge in [0.2, 0.25) is 0 Å². The van der Waals surface area contributed by atoms with Crippen LogP contribution in [0.5, 0.6) is 0 Å². The van der Waals surface area contributed by atoms with Gasteiger partial charge in [-0.1, -0.05) is 112 Å². The number of allylic oxidation sites excluding steroid dienone is 14. The van der Waals surface area contributed by atoms with E-state index in [0.717, 1.165) is 70.6 Å². The maximum atomic E-state index is 12.5. The molecule has 0 aromatic rings. The van der Waals surface area contributed by atoms with Crippen molar-refractivity contribution >= 4 is 19.8 Å². The highest BCUT2D eigenvalue weighted by Gasteiger charge is 2.25. The molecule has 0 radical (unpaired) electrons. The molecule has 2 atom stereocenters. The van der Waals surface area contributed by atoms with Gasteiger partial charge >= 0.3 is 19.8 Å². The Bertz CT molecular complexity index is 1110. The summed E-state index contributed by atoms with van der Waals surface area (Å²) in [6.07, 6.45) is 44.8. The molecule has 0 saturated carbocycles. The summed E-state index contributed by atoms with van der Waals surface area (Å²) in [5.41, 5.74) is 5.32. The lowest BCUT2D eigenvalue weighted by Gasteiger charge is -2.19. The molecule has 0 saturated heterocycles. The number of hydrogen-bond donors (Lipinski definition) is 2. The van der Waals surface area contributed by atoms with Crippen LogP contribution in [0.4, 0.5) is 0 Å². The molecule has 3 N–H and O–H groups in total. The summed E-state index contributed by atoms with van der Waals surface area (Å²) in [5, 5.41) is 0. The number of esters is 2. The van der Waals surface area contributed by atoms with E-state index in [4.69, 9.17) is 24.3 Å². The standard InChI is InChI=1S/C41H68NO8P/c1-3-5-7-9-11-13-15-17-19-21-23-25-27-29-31-33-40(43)47-37-39(38-49-51(45,46)48-36-35-42)50-41(44)34-32-30-28-26-24-22-20-18-16-14-12-10-8-6-4-2/h6,8,11-14,17-20,23-26,39H,3-5,7,9-10,15-16,21-22,27-38,42H2,1-2H3,(H,45,46). The normalized spacial score (nSPS) is 14.4. The first-order valence-electron chi connectivity index (χ1n) is 19.1. The Hall–Kier alpha value is -2.81. The second-order valence-electron chi connectivity index (χ2n) is 12.1. The van der Waals surface area contributed by atoms with E-state index in [2.05, 4.69) is 98.9 Å². The van der Waals surface area contributed by atoms with Crippen LogP contribution in [0.1, 0.15) is 129 Å². The fraction of sp³-hybridized carbons (Fsp3) is 0.610. The van der Waals surface area contributed by atoms with Gasteiger partial charge in [0.1, 0.15) is 6.61 Å². The first-order chi connectivity index (χ1) is 24.8. The fourth-order valence-electron chi connectivity index (χ4n) is 4.45. The zero-order valence-corrected chi connectivity index (χ0v) is 32.4. The van der Waals surface area contributed by atoms with E-state index in [0.29, 0.717) is 12.8 Å². The van der Waals surface area contributed by atoms with Gasteiger partial charge in [0.05, 0.1) is 13.2 Å². The van der Waals surface area contributed by atoms with Crippen molar-refractivity contribution in [2.24, 2.45) is 5.73 Å². The maximum absolute atomic E-state index is 12.5. The zero-order chi connectivity index (χ0) is 37.5. The largest absolute Gasteiger partial charge is 0.472 e. The predicted octanol–water partition coefficient (Wildman–Crippen LogP) is 10.5. The first-order valence-corrected chi connectivity index (χ1v) is 20.6. The third-order valence-electron chi connectivity index (χ3n) is 7.27. The summed E-state index contributed by atoms with van der Waals surface area (Å²) >= 11 is 0. The lowest BCUT2D eigenvalue weighted by Crippen LogP contribution is -2.29. The van der Waals surface area contributed by atoms with Gasteiger partial charge in [0.15, 0.2) is 6.10 Å². The predicted molar refractivity (Wildman–Crippen MR) is 210 cm³/mol. The van der Waals surface area contributed by atoms with Gasteiger partial charge in [-0.2, -0.15) is 0 Å². The van der Waals surface area contributed by atoms with E-state index in [-0.39, 0.29) is 32.6 Å². The molecule has 0 bridgehead atoms. The monoisotopic (exact) mass is 733 g/mol. The molecule has 0 aliphatic rings. The molecule has 0 aliphatic carbocycles. The number of carbonyl (C=O) groups excluding carboxylic acids is 2. The van der Waals surface area contributed by atoms with Gasteiger partial charge in [-0.25, -0.2) is 4.57 Å². The number of hydrogen-bond acceptors (Lipinski definition) is 8. The number of rotatable bonds is 34. The van der Waals surface area contributed by atoms with Crippen LogP contribution in [0.3, 0.4) is 0 Å². The molecule has 0 heterocycles. The Morgan fingerprint density at radius 1 is 0.608 bits per heavy atom. The molecule has 0 aromatic carbocycles. The lowest BCUT2D eigenvalue weighted by atomic mass is 10.1. The van der Waals surface area contributed by atoms with E-state index in [1.165, 1.54) is 19.3 Å². The summed E-state index contributed by atoms with van der Waals surface area (Å²) < 4.78 is 32.6. The molecule has 0 aromatic heterocycles. The number of unbranched alkanes of at least 4 members (excludes halogenated alkanes) is 7. The van der Waals surface area contributed by atoms with E-state index < -0.39 is 32.5 Å². The van der Waals surface area contributed by atoms with Crippen molar-refractivity contribution in [3.8, 4) is 0 Å². The number of ether oxygens (including phenoxy) is 2. The number of phosphoric acid groups is 1. The Balaban J connectivity index is 4.40.